The molecule has 0 aliphatic carbocycles. The molecule has 0 radical (unpaired) electrons. The summed E-state index contributed by atoms with van der Waals surface area (Å²) in [6.07, 6.45) is 2.82. The van der Waals surface area contributed by atoms with E-state index < -0.39 is 0 Å². The molecule has 94 valence electrons. The van der Waals surface area contributed by atoms with Crippen molar-refractivity contribution < 1.29 is 0 Å². The summed E-state index contributed by atoms with van der Waals surface area (Å²) in [5.74, 6) is 1.48. The number of nitrogens with zero attached hydrogens (tertiary/aromatic N) is 3. The first-order valence-electron chi connectivity index (χ1n) is 6.35. The van der Waals surface area contributed by atoms with Gasteiger partial charge in [0.25, 0.3) is 0 Å². The predicted molar refractivity (Wildman–Crippen MR) is 75.2 cm³/mol. The van der Waals surface area contributed by atoms with E-state index in [9.17, 15) is 0 Å². The Hall–Kier alpha value is -1.35. The van der Waals surface area contributed by atoms with Crippen molar-refractivity contribution in [3.8, 4) is 0 Å². The summed E-state index contributed by atoms with van der Waals surface area (Å²) in [4.78, 5) is 2.30. The first kappa shape index (κ1) is 11.7. The van der Waals surface area contributed by atoms with E-state index >= 15 is 0 Å². The van der Waals surface area contributed by atoms with Gasteiger partial charge < -0.3 is 4.90 Å². The van der Waals surface area contributed by atoms with E-state index in [1.807, 2.05) is 18.3 Å². The lowest BCUT2D eigenvalue weighted by molar-refractivity contribution is 0.452. The number of fused-ring (bicyclic) bond motifs is 1. The highest BCUT2D eigenvalue weighted by atomic mass is 35.5. The molecule has 18 heavy (non-hydrogen) atoms. The summed E-state index contributed by atoms with van der Waals surface area (Å²) in [6, 6.07) is 8.26. The summed E-state index contributed by atoms with van der Waals surface area (Å²) in [6.45, 7) is 4.11. The van der Waals surface area contributed by atoms with E-state index in [1.54, 1.807) is 0 Å². The van der Waals surface area contributed by atoms with Gasteiger partial charge in [0.15, 0.2) is 5.82 Å². The van der Waals surface area contributed by atoms with Crippen molar-refractivity contribution in [3.63, 3.8) is 0 Å². The zero-order chi connectivity index (χ0) is 12.5. The third-order valence-corrected chi connectivity index (χ3v) is 4.30. The lowest BCUT2D eigenvalue weighted by atomic mass is 9.99. The molecule has 0 saturated carbocycles. The van der Waals surface area contributed by atoms with Gasteiger partial charge >= 0.3 is 0 Å². The summed E-state index contributed by atoms with van der Waals surface area (Å²) in [5, 5.41) is 11.0. The van der Waals surface area contributed by atoms with Crippen LogP contribution in [-0.2, 0) is 0 Å². The Morgan fingerprint density at radius 2 is 2.17 bits per heavy atom. The van der Waals surface area contributed by atoms with Crippen LogP contribution in [0.3, 0.4) is 0 Å². The lowest BCUT2D eigenvalue weighted by Crippen LogP contribution is -2.40. The Balaban J connectivity index is 1.99. The molecule has 2 atom stereocenters. The van der Waals surface area contributed by atoms with Crippen LogP contribution in [0.1, 0.15) is 13.3 Å². The van der Waals surface area contributed by atoms with Gasteiger partial charge in [-0.1, -0.05) is 31.2 Å². The number of aromatic nitrogens is 2. The maximum Gasteiger partial charge on any atom is 0.159 e. The van der Waals surface area contributed by atoms with Crippen LogP contribution in [-0.4, -0.2) is 28.7 Å². The highest BCUT2D eigenvalue weighted by Crippen LogP contribution is 2.29. The topological polar surface area (TPSA) is 29.0 Å². The minimum Gasteiger partial charge on any atom is -0.354 e. The molecular weight excluding hydrogens is 246 g/mol. The summed E-state index contributed by atoms with van der Waals surface area (Å²) >= 11 is 6.28. The van der Waals surface area contributed by atoms with Crippen molar-refractivity contribution in [2.24, 2.45) is 5.92 Å². The van der Waals surface area contributed by atoms with Crippen molar-refractivity contribution in [1.29, 1.82) is 0 Å². The van der Waals surface area contributed by atoms with Crippen molar-refractivity contribution >= 4 is 28.2 Å². The van der Waals surface area contributed by atoms with Gasteiger partial charge in [-0.2, -0.15) is 5.10 Å². The Morgan fingerprint density at radius 3 is 3.00 bits per heavy atom. The zero-order valence-corrected chi connectivity index (χ0v) is 11.1. The molecule has 3 nitrogen and oxygen atoms in total. The molecule has 3 rings (SSSR count). The standard InChI is InChI=1S/C14H16ClN3/c1-10-9-18(7-6-13(10)15)14-12-5-3-2-4-11(12)8-16-17-14/h2-5,8,10,13H,6-7,9H2,1H3. The monoisotopic (exact) mass is 261 g/mol. The first-order chi connectivity index (χ1) is 8.75. The Morgan fingerprint density at radius 1 is 1.33 bits per heavy atom. The minimum atomic E-state index is 0.282. The van der Waals surface area contributed by atoms with E-state index in [-0.39, 0.29) is 5.38 Å². The highest BCUT2D eigenvalue weighted by Gasteiger charge is 2.26. The average Bonchev–Trinajstić information content (AvgIpc) is 2.41. The van der Waals surface area contributed by atoms with E-state index in [2.05, 4.69) is 34.2 Å². The highest BCUT2D eigenvalue weighted by molar-refractivity contribution is 6.20. The molecule has 2 unspecified atom stereocenters. The van der Waals surface area contributed by atoms with Gasteiger partial charge in [-0.05, 0) is 12.3 Å². The van der Waals surface area contributed by atoms with Gasteiger partial charge in [0.05, 0.1) is 6.20 Å². The maximum atomic E-state index is 6.28. The van der Waals surface area contributed by atoms with E-state index in [0.29, 0.717) is 5.92 Å². The second kappa shape index (κ2) is 4.73. The number of piperidine rings is 1. The maximum absolute atomic E-state index is 6.28. The molecule has 1 aliphatic heterocycles. The van der Waals surface area contributed by atoms with Crippen molar-refractivity contribution in [1.82, 2.24) is 10.2 Å². The molecule has 1 saturated heterocycles. The van der Waals surface area contributed by atoms with E-state index in [1.165, 1.54) is 5.39 Å². The normalized spacial score (nSPS) is 24.4. The number of alkyl halides is 1. The van der Waals surface area contributed by atoms with Crippen LogP contribution in [0, 0.1) is 5.92 Å². The molecule has 0 bridgehead atoms. The first-order valence-corrected chi connectivity index (χ1v) is 6.79. The Labute approximate surface area is 112 Å². The van der Waals surface area contributed by atoms with Crippen LogP contribution in [0.5, 0.6) is 0 Å². The largest absolute Gasteiger partial charge is 0.354 e. The van der Waals surface area contributed by atoms with Crippen LogP contribution < -0.4 is 4.90 Å². The molecule has 0 amide bonds. The smallest absolute Gasteiger partial charge is 0.159 e. The Bertz CT molecular complexity index is 552. The van der Waals surface area contributed by atoms with Crippen LogP contribution in [0.4, 0.5) is 5.82 Å². The minimum absolute atomic E-state index is 0.282. The van der Waals surface area contributed by atoms with Crippen LogP contribution >= 0.6 is 11.6 Å². The fourth-order valence-corrected chi connectivity index (χ4v) is 2.73. The average molecular weight is 262 g/mol. The van der Waals surface area contributed by atoms with Crippen LogP contribution in [0.15, 0.2) is 30.5 Å². The molecule has 1 aromatic heterocycles. The van der Waals surface area contributed by atoms with Crippen molar-refractivity contribution in [2.45, 2.75) is 18.7 Å². The number of benzene rings is 1. The fraction of sp³-hybridized carbons (Fsp3) is 0.429. The fourth-order valence-electron chi connectivity index (χ4n) is 2.56. The summed E-state index contributed by atoms with van der Waals surface area (Å²) in [7, 11) is 0. The Kier molecular flexibility index (Phi) is 3.08. The van der Waals surface area contributed by atoms with Crippen molar-refractivity contribution in [2.75, 3.05) is 18.0 Å². The molecule has 1 aromatic carbocycles. The zero-order valence-electron chi connectivity index (χ0n) is 10.4. The summed E-state index contributed by atoms with van der Waals surface area (Å²) in [5.41, 5.74) is 0. The van der Waals surface area contributed by atoms with Gasteiger partial charge in [0.2, 0.25) is 0 Å². The van der Waals surface area contributed by atoms with Gasteiger partial charge in [-0.3, -0.25) is 0 Å². The van der Waals surface area contributed by atoms with Gasteiger partial charge in [0.1, 0.15) is 0 Å². The van der Waals surface area contributed by atoms with Crippen LogP contribution in [0.2, 0.25) is 0 Å². The SMILES string of the molecule is CC1CN(c2nncc3ccccc23)CCC1Cl. The second-order valence-corrected chi connectivity index (χ2v) is 5.54. The molecule has 2 aromatic rings. The molecule has 0 spiro atoms. The van der Waals surface area contributed by atoms with E-state index in [0.717, 1.165) is 30.7 Å². The number of rotatable bonds is 1. The van der Waals surface area contributed by atoms with Gasteiger partial charge in [-0.15, -0.1) is 16.7 Å². The van der Waals surface area contributed by atoms with Gasteiger partial charge in [0, 0.05) is 29.2 Å². The number of anilines is 1. The van der Waals surface area contributed by atoms with Crippen molar-refractivity contribution in [3.05, 3.63) is 30.5 Å². The quantitative estimate of drug-likeness (QED) is 0.739. The second-order valence-electron chi connectivity index (χ2n) is 4.98. The number of hydrogen-bond acceptors (Lipinski definition) is 3. The third kappa shape index (κ3) is 2.03. The molecule has 0 N–H and O–H groups in total. The summed E-state index contributed by atoms with van der Waals surface area (Å²) < 4.78 is 0. The molecule has 2 heterocycles. The van der Waals surface area contributed by atoms with Gasteiger partial charge in [-0.25, -0.2) is 0 Å². The van der Waals surface area contributed by atoms with Crippen LogP contribution in [0.25, 0.3) is 10.8 Å². The molecule has 1 fully saturated rings. The predicted octanol–water partition coefficient (Wildman–Crippen LogP) is 3.08. The molecule has 4 heteroatoms. The molecule has 1 aliphatic rings. The number of hydrogen-bond donors (Lipinski definition) is 0. The van der Waals surface area contributed by atoms with E-state index in [4.69, 9.17) is 11.6 Å². The third-order valence-electron chi connectivity index (χ3n) is 3.65. The molecular formula is C14H16ClN3. The number of halogens is 1. The lowest BCUT2D eigenvalue weighted by Gasteiger charge is -2.35.